The number of anilines is 1. The van der Waals surface area contributed by atoms with E-state index < -0.39 is 0 Å². The molecule has 2 atom stereocenters. The van der Waals surface area contributed by atoms with Crippen LogP contribution in [-0.4, -0.2) is 30.7 Å². The van der Waals surface area contributed by atoms with E-state index in [4.69, 9.17) is 0 Å². The SMILES string of the molecule is [CH2-][NH+]1CCN(c2cc(F)cc3nc(C)ccc23)C[C@@H]1C. The summed E-state index contributed by atoms with van der Waals surface area (Å²) >= 11 is 0. The van der Waals surface area contributed by atoms with Gasteiger partial charge in [0.05, 0.1) is 31.2 Å². The number of pyridine rings is 1. The van der Waals surface area contributed by atoms with Crippen LogP contribution < -0.4 is 9.80 Å². The van der Waals surface area contributed by atoms with Gasteiger partial charge in [0.25, 0.3) is 0 Å². The van der Waals surface area contributed by atoms with Gasteiger partial charge in [0.1, 0.15) is 5.82 Å². The lowest BCUT2D eigenvalue weighted by Gasteiger charge is -2.40. The minimum atomic E-state index is -0.220. The first-order valence-corrected chi connectivity index (χ1v) is 7.04. The molecule has 0 spiro atoms. The van der Waals surface area contributed by atoms with E-state index in [1.165, 1.54) is 11.0 Å². The van der Waals surface area contributed by atoms with Gasteiger partial charge in [-0.3, -0.25) is 4.98 Å². The van der Waals surface area contributed by atoms with E-state index in [0.717, 1.165) is 41.9 Å². The van der Waals surface area contributed by atoms with Crippen molar-refractivity contribution in [3.63, 3.8) is 0 Å². The van der Waals surface area contributed by atoms with Gasteiger partial charge in [-0.15, -0.1) is 0 Å². The highest BCUT2D eigenvalue weighted by Gasteiger charge is 2.23. The van der Waals surface area contributed by atoms with Crippen LogP contribution in [0.4, 0.5) is 10.1 Å². The smallest absolute Gasteiger partial charge is 0.127 e. The number of fused-ring (bicyclic) bond motifs is 1. The fourth-order valence-electron chi connectivity index (χ4n) is 2.84. The van der Waals surface area contributed by atoms with Crippen LogP contribution in [-0.2, 0) is 0 Å². The van der Waals surface area contributed by atoms with Crippen molar-refractivity contribution in [2.75, 3.05) is 24.5 Å². The highest BCUT2D eigenvalue weighted by Crippen LogP contribution is 2.28. The number of piperazine rings is 1. The normalized spacial score (nSPS) is 23.3. The monoisotopic (exact) mass is 273 g/mol. The summed E-state index contributed by atoms with van der Waals surface area (Å²) in [6.07, 6.45) is 0. The number of quaternary nitrogens is 1. The summed E-state index contributed by atoms with van der Waals surface area (Å²) in [5.41, 5.74) is 2.60. The van der Waals surface area contributed by atoms with Crippen molar-refractivity contribution in [1.82, 2.24) is 4.98 Å². The van der Waals surface area contributed by atoms with Crippen molar-refractivity contribution in [2.45, 2.75) is 19.9 Å². The second-order valence-corrected chi connectivity index (χ2v) is 5.70. The molecule has 1 aliphatic rings. The molecule has 1 unspecified atom stereocenters. The molecule has 3 nitrogen and oxygen atoms in total. The van der Waals surface area contributed by atoms with E-state index in [0.29, 0.717) is 6.04 Å². The van der Waals surface area contributed by atoms with Gasteiger partial charge in [-0.1, -0.05) is 0 Å². The number of halogens is 1. The van der Waals surface area contributed by atoms with Gasteiger partial charge in [0.2, 0.25) is 0 Å². The van der Waals surface area contributed by atoms with Crippen molar-refractivity contribution in [3.8, 4) is 0 Å². The first kappa shape index (κ1) is 13.3. The Hall–Kier alpha value is -1.68. The maximum atomic E-state index is 13.9. The molecule has 1 aromatic carbocycles. The van der Waals surface area contributed by atoms with Crippen LogP contribution in [0.3, 0.4) is 0 Å². The number of nitrogens with zero attached hydrogens (tertiary/aromatic N) is 2. The molecule has 1 aliphatic heterocycles. The predicted octanol–water partition coefficient (Wildman–Crippen LogP) is 1.57. The molecular formula is C16H20FN3. The molecule has 0 aliphatic carbocycles. The van der Waals surface area contributed by atoms with Crippen LogP contribution in [0.1, 0.15) is 12.6 Å². The molecule has 0 bridgehead atoms. The topological polar surface area (TPSA) is 20.6 Å². The Morgan fingerprint density at radius 1 is 1.40 bits per heavy atom. The van der Waals surface area contributed by atoms with E-state index in [2.05, 4.69) is 23.9 Å². The summed E-state index contributed by atoms with van der Waals surface area (Å²) in [7, 11) is 4.10. The predicted molar refractivity (Wildman–Crippen MR) is 79.3 cm³/mol. The number of hydrogen-bond donors (Lipinski definition) is 1. The molecule has 2 aromatic rings. The van der Waals surface area contributed by atoms with Gasteiger partial charge in [-0.05, 0) is 32.0 Å². The Bertz CT molecular complexity index is 636. The van der Waals surface area contributed by atoms with Crippen molar-refractivity contribution >= 4 is 16.6 Å². The van der Waals surface area contributed by atoms with Crippen LogP contribution in [0.2, 0.25) is 0 Å². The Morgan fingerprint density at radius 2 is 2.20 bits per heavy atom. The number of nitrogens with one attached hydrogen (secondary N) is 1. The third kappa shape index (κ3) is 2.36. The molecule has 1 fully saturated rings. The second-order valence-electron chi connectivity index (χ2n) is 5.70. The highest BCUT2D eigenvalue weighted by molar-refractivity contribution is 5.92. The van der Waals surface area contributed by atoms with E-state index in [-0.39, 0.29) is 5.82 Å². The molecule has 0 saturated carbocycles. The molecule has 1 N–H and O–H groups in total. The lowest BCUT2D eigenvalue weighted by atomic mass is 10.1. The van der Waals surface area contributed by atoms with E-state index >= 15 is 0 Å². The lowest BCUT2D eigenvalue weighted by molar-refractivity contribution is -0.879. The Kier molecular flexibility index (Phi) is 3.34. The van der Waals surface area contributed by atoms with Crippen molar-refractivity contribution in [1.29, 1.82) is 0 Å². The van der Waals surface area contributed by atoms with Gasteiger partial charge in [-0.25, -0.2) is 4.39 Å². The van der Waals surface area contributed by atoms with Gasteiger partial charge in [-0.2, -0.15) is 7.05 Å². The van der Waals surface area contributed by atoms with Crippen LogP contribution in [0.5, 0.6) is 0 Å². The summed E-state index contributed by atoms with van der Waals surface area (Å²) < 4.78 is 13.9. The number of rotatable bonds is 1. The zero-order valence-corrected chi connectivity index (χ0v) is 12.0. The summed E-state index contributed by atoms with van der Waals surface area (Å²) in [5, 5.41) is 1.02. The highest BCUT2D eigenvalue weighted by atomic mass is 19.1. The average molecular weight is 273 g/mol. The minimum Gasteiger partial charge on any atom is -0.463 e. The summed E-state index contributed by atoms with van der Waals surface area (Å²) in [5.74, 6) is -0.220. The molecule has 106 valence electrons. The minimum absolute atomic E-state index is 0.220. The maximum absolute atomic E-state index is 13.9. The van der Waals surface area contributed by atoms with Crippen molar-refractivity contribution in [2.24, 2.45) is 0 Å². The summed E-state index contributed by atoms with van der Waals surface area (Å²) in [6, 6.07) is 7.61. The first-order valence-electron chi connectivity index (χ1n) is 7.04. The second kappa shape index (κ2) is 5.02. The largest absolute Gasteiger partial charge is 0.463 e. The molecule has 3 rings (SSSR count). The Labute approximate surface area is 119 Å². The zero-order valence-electron chi connectivity index (χ0n) is 12.0. The maximum Gasteiger partial charge on any atom is 0.127 e. The molecule has 20 heavy (non-hydrogen) atoms. The van der Waals surface area contributed by atoms with Gasteiger partial charge >= 0.3 is 0 Å². The van der Waals surface area contributed by atoms with Gasteiger partial charge in [0.15, 0.2) is 0 Å². The van der Waals surface area contributed by atoms with E-state index in [1.807, 2.05) is 19.1 Å². The zero-order chi connectivity index (χ0) is 14.3. The Morgan fingerprint density at radius 3 is 2.95 bits per heavy atom. The van der Waals surface area contributed by atoms with E-state index in [1.54, 1.807) is 6.07 Å². The molecule has 2 heterocycles. The number of aromatic nitrogens is 1. The molecular weight excluding hydrogens is 253 g/mol. The third-order valence-corrected chi connectivity index (χ3v) is 4.12. The quantitative estimate of drug-likeness (QED) is 0.796. The Balaban J connectivity index is 2.06. The van der Waals surface area contributed by atoms with Gasteiger partial charge in [0, 0.05) is 22.8 Å². The fraction of sp³-hybridized carbons (Fsp3) is 0.375. The first-order chi connectivity index (χ1) is 9.54. The van der Waals surface area contributed by atoms with Gasteiger partial charge < -0.3 is 9.80 Å². The van der Waals surface area contributed by atoms with Crippen LogP contribution in [0.15, 0.2) is 24.3 Å². The molecule has 4 heteroatoms. The number of hydrogen-bond acceptors (Lipinski definition) is 2. The van der Waals surface area contributed by atoms with Crippen LogP contribution in [0.25, 0.3) is 10.9 Å². The summed E-state index contributed by atoms with van der Waals surface area (Å²) in [4.78, 5) is 7.98. The van der Waals surface area contributed by atoms with Crippen molar-refractivity contribution in [3.05, 3.63) is 42.8 Å². The lowest BCUT2D eigenvalue weighted by Crippen LogP contribution is -3.13. The number of aryl methyl sites for hydroxylation is 1. The molecule has 0 radical (unpaired) electrons. The molecule has 1 aromatic heterocycles. The third-order valence-electron chi connectivity index (χ3n) is 4.12. The molecule has 0 amide bonds. The standard InChI is InChI=1S/C16H20FN3/c1-11-4-5-14-15(18-11)8-13(17)9-16(14)20-7-6-19(3)12(2)10-20/h4-5,8-9,12,19H,3,6-7,10H2,1-2H3/t12-/m0/s1. The summed E-state index contributed by atoms with van der Waals surface area (Å²) in [6.45, 7) is 6.87. The van der Waals surface area contributed by atoms with E-state index in [9.17, 15) is 4.39 Å². The van der Waals surface area contributed by atoms with Crippen LogP contribution in [0, 0.1) is 19.8 Å². The molecule has 1 saturated heterocycles. The van der Waals surface area contributed by atoms with Crippen molar-refractivity contribution < 1.29 is 9.29 Å². The number of benzene rings is 1. The fourth-order valence-corrected chi connectivity index (χ4v) is 2.84. The average Bonchev–Trinajstić information content (AvgIpc) is 2.40. The van der Waals surface area contributed by atoms with Crippen LogP contribution >= 0.6 is 0 Å².